The molecule has 0 rings (SSSR count). The van der Waals surface area contributed by atoms with Gasteiger partial charge in [0.05, 0.1) is 0 Å². The number of amides is 1. The molecule has 3 heteroatoms. The highest BCUT2D eigenvalue weighted by molar-refractivity contribution is 5.45. The summed E-state index contributed by atoms with van der Waals surface area (Å²) in [4.78, 5) is 9.71. The highest BCUT2D eigenvalue weighted by Crippen LogP contribution is 1.71. The van der Waals surface area contributed by atoms with Gasteiger partial charge in [-0.3, -0.25) is 4.79 Å². The maximum absolute atomic E-state index is 9.71. The summed E-state index contributed by atoms with van der Waals surface area (Å²) >= 11 is 0. The van der Waals surface area contributed by atoms with Crippen LogP contribution < -0.4 is 10.6 Å². The fourth-order valence-corrected chi connectivity index (χ4v) is 0.492. The summed E-state index contributed by atoms with van der Waals surface area (Å²) in [5.74, 6) is 0. The van der Waals surface area contributed by atoms with E-state index in [0.29, 0.717) is 19.0 Å². The van der Waals surface area contributed by atoms with Gasteiger partial charge in [0.1, 0.15) is 0 Å². The van der Waals surface area contributed by atoms with Crippen LogP contribution in [0.15, 0.2) is 0 Å². The van der Waals surface area contributed by atoms with Crippen molar-refractivity contribution in [2.75, 3.05) is 13.1 Å². The molecule has 0 radical (unpaired) electrons. The Bertz CT molecular complexity index is 73.5. The largest absolute Gasteiger partial charge is 0.357 e. The van der Waals surface area contributed by atoms with Crippen LogP contribution in [-0.2, 0) is 4.79 Å². The van der Waals surface area contributed by atoms with Gasteiger partial charge in [0.15, 0.2) is 0 Å². The highest BCUT2D eigenvalue weighted by Gasteiger charge is 1.88. The number of hydrogen-bond acceptors (Lipinski definition) is 2. The quantitative estimate of drug-likeness (QED) is 0.397. The molecule has 9 heavy (non-hydrogen) atoms. The van der Waals surface area contributed by atoms with Crippen LogP contribution in [0.5, 0.6) is 0 Å². The van der Waals surface area contributed by atoms with E-state index in [1.54, 1.807) is 0 Å². The molecule has 2 N–H and O–H groups in total. The van der Waals surface area contributed by atoms with Gasteiger partial charge in [-0.1, -0.05) is 13.8 Å². The molecule has 1 amide bonds. The average Bonchev–Trinajstić information content (AvgIpc) is 1.80. The summed E-state index contributed by atoms with van der Waals surface area (Å²) < 4.78 is 0. The van der Waals surface area contributed by atoms with Crippen molar-refractivity contribution in [2.24, 2.45) is 0 Å². The van der Waals surface area contributed by atoms with Gasteiger partial charge in [0.2, 0.25) is 6.41 Å². The first-order chi connectivity index (χ1) is 4.27. The molecule has 3 nitrogen and oxygen atoms in total. The maximum Gasteiger partial charge on any atom is 0.207 e. The summed E-state index contributed by atoms with van der Waals surface area (Å²) in [7, 11) is 0. The Kier molecular flexibility index (Phi) is 5.21. The molecular weight excluding hydrogens is 116 g/mol. The summed E-state index contributed by atoms with van der Waals surface area (Å²) in [6, 6.07) is 0.499. The van der Waals surface area contributed by atoms with E-state index in [-0.39, 0.29) is 0 Å². The lowest BCUT2D eigenvalue weighted by molar-refractivity contribution is -0.109. The van der Waals surface area contributed by atoms with Gasteiger partial charge < -0.3 is 10.6 Å². The van der Waals surface area contributed by atoms with E-state index in [9.17, 15) is 4.79 Å². The zero-order chi connectivity index (χ0) is 7.11. The van der Waals surface area contributed by atoms with E-state index in [2.05, 4.69) is 24.5 Å². The molecule has 0 aromatic carbocycles. The number of carbonyl (C=O) groups excluding carboxylic acids is 1. The van der Waals surface area contributed by atoms with Crippen molar-refractivity contribution in [3.8, 4) is 0 Å². The Labute approximate surface area is 55.8 Å². The van der Waals surface area contributed by atoms with E-state index in [4.69, 9.17) is 0 Å². The molecule has 0 unspecified atom stereocenters. The molecule has 0 atom stereocenters. The van der Waals surface area contributed by atoms with Crippen molar-refractivity contribution in [3.05, 3.63) is 0 Å². The molecule has 0 saturated heterocycles. The van der Waals surface area contributed by atoms with Crippen molar-refractivity contribution in [3.63, 3.8) is 0 Å². The minimum absolute atomic E-state index is 0.499. The molecule has 0 aliphatic rings. The summed E-state index contributed by atoms with van der Waals surface area (Å²) in [6.07, 6.45) is 0.710. The van der Waals surface area contributed by atoms with Gasteiger partial charge in [0.25, 0.3) is 0 Å². The zero-order valence-corrected chi connectivity index (χ0v) is 5.98. The third-order valence-corrected chi connectivity index (χ3v) is 0.905. The molecular formula is C6H14N2O. The van der Waals surface area contributed by atoms with Crippen molar-refractivity contribution in [1.82, 2.24) is 10.6 Å². The number of hydrogen-bond donors (Lipinski definition) is 2. The third-order valence-electron chi connectivity index (χ3n) is 0.905. The molecule has 54 valence electrons. The van der Waals surface area contributed by atoms with E-state index < -0.39 is 0 Å². The van der Waals surface area contributed by atoms with Gasteiger partial charge >= 0.3 is 0 Å². The first kappa shape index (κ1) is 8.43. The summed E-state index contributed by atoms with van der Waals surface area (Å²) in [6.45, 7) is 5.69. The van der Waals surface area contributed by atoms with Gasteiger partial charge in [-0.05, 0) is 0 Å². The molecule has 0 spiro atoms. The van der Waals surface area contributed by atoms with Gasteiger partial charge in [0, 0.05) is 19.1 Å². The summed E-state index contributed by atoms with van der Waals surface area (Å²) in [5, 5.41) is 5.72. The Balaban J connectivity index is 2.82. The maximum atomic E-state index is 9.71. The van der Waals surface area contributed by atoms with Crippen LogP contribution in [0.25, 0.3) is 0 Å². The van der Waals surface area contributed by atoms with Crippen molar-refractivity contribution in [2.45, 2.75) is 19.9 Å². The Morgan fingerprint density at radius 2 is 2.11 bits per heavy atom. The fraction of sp³-hybridized carbons (Fsp3) is 0.833. The number of nitrogens with one attached hydrogen (secondary N) is 2. The molecule has 0 aliphatic carbocycles. The van der Waals surface area contributed by atoms with E-state index in [0.717, 1.165) is 6.54 Å². The van der Waals surface area contributed by atoms with E-state index in [1.807, 2.05) is 0 Å². The van der Waals surface area contributed by atoms with Crippen molar-refractivity contribution >= 4 is 6.41 Å². The second kappa shape index (κ2) is 5.56. The second-order valence-corrected chi connectivity index (χ2v) is 2.18. The molecule has 0 saturated carbocycles. The lowest BCUT2D eigenvalue weighted by atomic mass is 10.4. The normalized spacial score (nSPS) is 9.67. The molecule has 0 bridgehead atoms. The Morgan fingerprint density at radius 3 is 2.56 bits per heavy atom. The smallest absolute Gasteiger partial charge is 0.207 e. The zero-order valence-electron chi connectivity index (χ0n) is 5.98. The molecule has 0 fully saturated rings. The van der Waals surface area contributed by atoms with Gasteiger partial charge in [-0.15, -0.1) is 0 Å². The molecule has 0 aromatic rings. The second-order valence-electron chi connectivity index (χ2n) is 2.18. The predicted molar refractivity (Wildman–Crippen MR) is 37.2 cm³/mol. The lowest BCUT2D eigenvalue weighted by Gasteiger charge is -2.05. The molecule has 0 heterocycles. The van der Waals surface area contributed by atoms with Crippen molar-refractivity contribution in [1.29, 1.82) is 0 Å². The third kappa shape index (κ3) is 7.43. The van der Waals surface area contributed by atoms with Crippen LogP contribution in [0.2, 0.25) is 0 Å². The molecule has 0 aliphatic heterocycles. The van der Waals surface area contributed by atoms with Crippen LogP contribution >= 0.6 is 0 Å². The van der Waals surface area contributed by atoms with E-state index >= 15 is 0 Å². The minimum Gasteiger partial charge on any atom is -0.357 e. The Morgan fingerprint density at radius 1 is 1.44 bits per heavy atom. The first-order valence-electron chi connectivity index (χ1n) is 3.17. The number of carbonyl (C=O) groups is 1. The van der Waals surface area contributed by atoms with Crippen LogP contribution in [-0.4, -0.2) is 25.5 Å². The SMILES string of the molecule is CC(C)NCCNC=O. The predicted octanol–water partition coefficient (Wildman–Crippen LogP) is -0.270. The fourth-order valence-electron chi connectivity index (χ4n) is 0.492. The van der Waals surface area contributed by atoms with Crippen molar-refractivity contribution < 1.29 is 4.79 Å². The van der Waals surface area contributed by atoms with Gasteiger partial charge in [-0.25, -0.2) is 0 Å². The minimum atomic E-state index is 0.499. The van der Waals surface area contributed by atoms with Crippen LogP contribution in [0, 0.1) is 0 Å². The number of rotatable bonds is 5. The first-order valence-corrected chi connectivity index (χ1v) is 3.17. The molecule has 0 aromatic heterocycles. The van der Waals surface area contributed by atoms with Crippen LogP contribution in [0.3, 0.4) is 0 Å². The average molecular weight is 130 g/mol. The van der Waals surface area contributed by atoms with E-state index in [1.165, 1.54) is 0 Å². The highest BCUT2D eigenvalue weighted by atomic mass is 16.1. The topological polar surface area (TPSA) is 41.1 Å². The van der Waals surface area contributed by atoms with Gasteiger partial charge in [-0.2, -0.15) is 0 Å². The monoisotopic (exact) mass is 130 g/mol. The summed E-state index contributed by atoms with van der Waals surface area (Å²) in [5.41, 5.74) is 0. The van der Waals surface area contributed by atoms with Crippen LogP contribution in [0.4, 0.5) is 0 Å². The van der Waals surface area contributed by atoms with Crippen LogP contribution in [0.1, 0.15) is 13.8 Å². The standard InChI is InChI=1S/C6H14N2O/c1-6(2)8-4-3-7-5-9/h5-6,8H,3-4H2,1-2H3,(H,7,9). The Hall–Kier alpha value is -0.570. The lowest BCUT2D eigenvalue weighted by Crippen LogP contribution is -2.30.